The van der Waals surface area contributed by atoms with Crippen LogP contribution in [0.3, 0.4) is 0 Å². The van der Waals surface area contributed by atoms with Gasteiger partial charge in [0, 0.05) is 18.9 Å². The lowest BCUT2D eigenvalue weighted by atomic mass is 10.0. The van der Waals surface area contributed by atoms with Crippen molar-refractivity contribution in [2.24, 2.45) is 0 Å². The fourth-order valence-electron chi connectivity index (χ4n) is 1.60. The highest BCUT2D eigenvalue weighted by Crippen LogP contribution is 2.09. The highest BCUT2D eigenvalue weighted by atomic mass is 16.4. The predicted octanol–water partition coefficient (Wildman–Crippen LogP) is 1.02. The van der Waals surface area contributed by atoms with Crippen molar-refractivity contribution in [3.63, 3.8) is 0 Å². The number of aliphatic carboxylic acids is 1. The first kappa shape index (κ1) is 13.9. The average Bonchev–Trinajstić information content (AvgIpc) is 2.27. The number of benzene rings is 1. The normalized spacial score (nSPS) is 11.7. The van der Waals surface area contributed by atoms with Gasteiger partial charge in [0.2, 0.25) is 5.91 Å². The molecule has 0 saturated carbocycles. The smallest absolute Gasteiger partial charge is 0.326 e. The topological polar surface area (TPSA) is 83.5 Å². The molecule has 0 bridgehead atoms. The van der Waals surface area contributed by atoms with E-state index in [2.05, 4.69) is 5.32 Å². The number of hydrogen-bond donors (Lipinski definition) is 2. The van der Waals surface area contributed by atoms with Crippen LogP contribution in [0.1, 0.15) is 29.8 Å². The molecule has 0 saturated heterocycles. The van der Waals surface area contributed by atoms with Crippen LogP contribution < -0.4 is 5.32 Å². The van der Waals surface area contributed by atoms with Crippen molar-refractivity contribution in [3.05, 3.63) is 35.4 Å². The van der Waals surface area contributed by atoms with Crippen LogP contribution in [-0.2, 0) is 16.0 Å². The minimum atomic E-state index is -1.10. The first-order chi connectivity index (χ1) is 8.40. The van der Waals surface area contributed by atoms with E-state index in [1.807, 2.05) is 0 Å². The average molecular weight is 249 g/mol. The number of rotatable bonds is 5. The Morgan fingerprint density at radius 1 is 1.28 bits per heavy atom. The zero-order valence-corrected chi connectivity index (χ0v) is 10.3. The quantitative estimate of drug-likeness (QED) is 0.763. The standard InChI is InChI=1S/C13H15NO4/c1-8(15)11-5-3-4-10(6-11)7-12(13(17)18)14-9(2)16/h3-6,12H,7H2,1-2H3,(H,14,16)(H,17,18)/t12-/m0/s1. The molecule has 0 aromatic heterocycles. The SMILES string of the molecule is CC(=O)N[C@@H](Cc1cccc(C(C)=O)c1)C(=O)O. The van der Waals surface area contributed by atoms with Gasteiger partial charge in [0.15, 0.2) is 5.78 Å². The van der Waals surface area contributed by atoms with Crippen molar-refractivity contribution in [2.45, 2.75) is 26.3 Å². The van der Waals surface area contributed by atoms with E-state index in [0.29, 0.717) is 11.1 Å². The highest BCUT2D eigenvalue weighted by Gasteiger charge is 2.18. The Kier molecular flexibility index (Phi) is 4.59. The zero-order chi connectivity index (χ0) is 13.7. The predicted molar refractivity (Wildman–Crippen MR) is 65.4 cm³/mol. The largest absolute Gasteiger partial charge is 0.480 e. The summed E-state index contributed by atoms with van der Waals surface area (Å²) in [6.07, 6.45) is 0.149. The van der Waals surface area contributed by atoms with Gasteiger partial charge in [0.25, 0.3) is 0 Å². The van der Waals surface area contributed by atoms with E-state index in [9.17, 15) is 14.4 Å². The molecule has 5 nitrogen and oxygen atoms in total. The van der Waals surface area contributed by atoms with E-state index in [-0.39, 0.29) is 12.2 Å². The summed E-state index contributed by atoms with van der Waals surface area (Å²) in [6, 6.07) is 5.74. The molecule has 1 atom stereocenters. The molecule has 0 radical (unpaired) electrons. The molecule has 1 amide bonds. The van der Waals surface area contributed by atoms with Crippen LogP contribution in [0, 0.1) is 0 Å². The molecular formula is C13H15NO4. The van der Waals surface area contributed by atoms with Gasteiger partial charge in [-0.3, -0.25) is 9.59 Å². The maximum absolute atomic E-state index is 11.2. The number of amides is 1. The molecule has 0 aliphatic carbocycles. The Labute approximate surface area is 105 Å². The van der Waals surface area contributed by atoms with Gasteiger partial charge in [-0.15, -0.1) is 0 Å². The number of carbonyl (C=O) groups excluding carboxylic acids is 2. The second kappa shape index (κ2) is 5.95. The van der Waals surface area contributed by atoms with Crippen LogP contribution >= 0.6 is 0 Å². The van der Waals surface area contributed by atoms with Gasteiger partial charge in [-0.2, -0.15) is 0 Å². The summed E-state index contributed by atoms with van der Waals surface area (Å²) < 4.78 is 0. The molecule has 0 aliphatic rings. The van der Waals surface area contributed by atoms with E-state index in [1.165, 1.54) is 13.8 Å². The summed E-state index contributed by atoms with van der Waals surface area (Å²) in [5, 5.41) is 11.3. The fraction of sp³-hybridized carbons (Fsp3) is 0.308. The number of ketones is 1. The second-order valence-electron chi connectivity index (χ2n) is 4.05. The van der Waals surface area contributed by atoms with Gasteiger partial charge in [0.1, 0.15) is 6.04 Å². The zero-order valence-electron chi connectivity index (χ0n) is 10.3. The Morgan fingerprint density at radius 2 is 1.94 bits per heavy atom. The summed E-state index contributed by atoms with van der Waals surface area (Å²) in [5.74, 6) is -1.58. The third-order valence-corrected chi connectivity index (χ3v) is 2.45. The number of nitrogens with one attached hydrogen (secondary N) is 1. The molecular weight excluding hydrogens is 234 g/mol. The van der Waals surface area contributed by atoms with Crippen LogP contribution in [0.4, 0.5) is 0 Å². The maximum Gasteiger partial charge on any atom is 0.326 e. The molecule has 18 heavy (non-hydrogen) atoms. The van der Waals surface area contributed by atoms with Crippen LogP contribution in [0.25, 0.3) is 0 Å². The molecule has 96 valence electrons. The Bertz CT molecular complexity index is 482. The summed E-state index contributed by atoms with van der Waals surface area (Å²) in [5.41, 5.74) is 1.23. The molecule has 5 heteroatoms. The van der Waals surface area contributed by atoms with Gasteiger partial charge in [-0.1, -0.05) is 18.2 Å². The number of Topliss-reactive ketones (excluding diaryl/α,β-unsaturated/α-hetero) is 1. The van der Waals surface area contributed by atoms with E-state index in [0.717, 1.165) is 0 Å². The first-order valence-corrected chi connectivity index (χ1v) is 5.50. The van der Waals surface area contributed by atoms with Crippen LogP contribution in [-0.4, -0.2) is 28.8 Å². The number of hydrogen-bond acceptors (Lipinski definition) is 3. The molecule has 0 spiro atoms. The molecule has 0 unspecified atom stereocenters. The van der Waals surface area contributed by atoms with Gasteiger partial charge in [-0.25, -0.2) is 4.79 Å². The van der Waals surface area contributed by atoms with Crippen LogP contribution in [0.15, 0.2) is 24.3 Å². The lowest BCUT2D eigenvalue weighted by Crippen LogP contribution is -2.41. The molecule has 2 N–H and O–H groups in total. The van der Waals surface area contributed by atoms with Gasteiger partial charge < -0.3 is 10.4 Å². The summed E-state index contributed by atoms with van der Waals surface area (Å²) in [6.45, 7) is 2.71. The Morgan fingerprint density at radius 3 is 2.44 bits per heavy atom. The van der Waals surface area contributed by atoms with Gasteiger partial charge >= 0.3 is 5.97 Å². The number of carbonyl (C=O) groups is 3. The molecule has 0 fully saturated rings. The summed E-state index contributed by atoms with van der Waals surface area (Å²) in [7, 11) is 0. The fourth-order valence-corrected chi connectivity index (χ4v) is 1.60. The van der Waals surface area contributed by atoms with Crippen molar-refractivity contribution in [2.75, 3.05) is 0 Å². The number of carboxylic acid groups (broad SMARTS) is 1. The highest BCUT2D eigenvalue weighted by molar-refractivity contribution is 5.94. The van der Waals surface area contributed by atoms with Crippen molar-refractivity contribution in [1.29, 1.82) is 0 Å². The van der Waals surface area contributed by atoms with E-state index in [1.54, 1.807) is 24.3 Å². The second-order valence-corrected chi connectivity index (χ2v) is 4.05. The lowest BCUT2D eigenvalue weighted by Gasteiger charge is -2.13. The van der Waals surface area contributed by atoms with Crippen LogP contribution in [0.2, 0.25) is 0 Å². The van der Waals surface area contributed by atoms with Gasteiger partial charge in [-0.05, 0) is 18.6 Å². The molecule has 0 aliphatic heterocycles. The molecule has 1 aromatic rings. The molecule has 1 rings (SSSR count). The van der Waals surface area contributed by atoms with E-state index in [4.69, 9.17) is 5.11 Å². The monoisotopic (exact) mass is 249 g/mol. The van der Waals surface area contributed by atoms with Crippen molar-refractivity contribution < 1.29 is 19.5 Å². The maximum atomic E-state index is 11.2. The van der Waals surface area contributed by atoms with Crippen molar-refractivity contribution >= 4 is 17.7 Å². The number of carboxylic acids is 1. The minimum Gasteiger partial charge on any atom is -0.480 e. The Hall–Kier alpha value is -2.17. The Balaban J connectivity index is 2.86. The van der Waals surface area contributed by atoms with E-state index < -0.39 is 17.9 Å². The van der Waals surface area contributed by atoms with Gasteiger partial charge in [0.05, 0.1) is 0 Å². The van der Waals surface area contributed by atoms with E-state index >= 15 is 0 Å². The first-order valence-electron chi connectivity index (χ1n) is 5.50. The third-order valence-electron chi connectivity index (χ3n) is 2.45. The third kappa shape index (κ3) is 4.01. The molecule has 0 heterocycles. The van der Waals surface area contributed by atoms with Crippen LogP contribution in [0.5, 0.6) is 0 Å². The van der Waals surface area contributed by atoms with Crippen molar-refractivity contribution in [3.8, 4) is 0 Å². The van der Waals surface area contributed by atoms with Crippen molar-refractivity contribution in [1.82, 2.24) is 5.32 Å². The summed E-state index contributed by atoms with van der Waals surface area (Å²) >= 11 is 0. The molecule has 1 aromatic carbocycles. The summed E-state index contributed by atoms with van der Waals surface area (Å²) in [4.78, 5) is 33.1. The lowest BCUT2D eigenvalue weighted by molar-refractivity contribution is -0.141. The minimum absolute atomic E-state index is 0.0803.